The predicted octanol–water partition coefficient (Wildman–Crippen LogP) is 2.44. The van der Waals surface area contributed by atoms with Crippen molar-refractivity contribution in [3.63, 3.8) is 0 Å². The van der Waals surface area contributed by atoms with Crippen LogP contribution in [0.25, 0.3) is 11.5 Å². The van der Waals surface area contributed by atoms with Crippen LogP contribution in [0.15, 0.2) is 48.8 Å². The Kier molecular flexibility index (Phi) is 6.96. The van der Waals surface area contributed by atoms with E-state index in [0.717, 1.165) is 36.2 Å². The van der Waals surface area contributed by atoms with Gasteiger partial charge in [0.1, 0.15) is 11.7 Å². The van der Waals surface area contributed by atoms with Crippen molar-refractivity contribution in [3.8, 4) is 11.5 Å². The molecule has 1 unspecified atom stereocenters. The molecule has 162 valence electrons. The first-order chi connectivity index (χ1) is 15.1. The highest BCUT2D eigenvalue weighted by Crippen LogP contribution is 2.26. The second kappa shape index (κ2) is 10.0. The van der Waals surface area contributed by atoms with E-state index >= 15 is 0 Å². The SMILES string of the molecule is Cc1ccc([C@H]2CC[NH+]([O-])[C@@H]2COCCCc2cc(C)nnc2-c2ncccn2)cc1. The van der Waals surface area contributed by atoms with Gasteiger partial charge in [-0.05, 0) is 49.9 Å². The van der Waals surface area contributed by atoms with E-state index in [1.165, 1.54) is 11.1 Å². The lowest BCUT2D eigenvalue weighted by Gasteiger charge is -2.27. The molecular formula is C24H29N5O2. The molecule has 31 heavy (non-hydrogen) atoms. The van der Waals surface area contributed by atoms with Gasteiger partial charge in [-0.2, -0.15) is 5.10 Å². The highest BCUT2D eigenvalue weighted by molar-refractivity contribution is 5.53. The van der Waals surface area contributed by atoms with Gasteiger partial charge in [-0.1, -0.05) is 29.8 Å². The normalized spacial score (nSPS) is 20.8. The average Bonchev–Trinajstić information content (AvgIpc) is 3.15. The van der Waals surface area contributed by atoms with Gasteiger partial charge in [0, 0.05) is 31.3 Å². The van der Waals surface area contributed by atoms with Crippen molar-refractivity contribution < 1.29 is 9.80 Å². The van der Waals surface area contributed by atoms with Gasteiger partial charge in [0.25, 0.3) is 0 Å². The first kappa shape index (κ1) is 21.5. The number of hydroxylamine groups is 2. The number of benzene rings is 1. The second-order valence-corrected chi connectivity index (χ2v) is 8.24. The molecule has 0 saturated carbocycles. The van der Waals surface area contributed by atoms with Gasteiger partial charge >= 0.3 is 0 Å². The lowest BCUT2D eigenvalue weighted by Crippen LogP contribution is -3.09. The van der Waals surface area contributed by atoms with Crippen molar-refractivity contribution in [1.29, 1.82) is 0 Å². The Morgan fingerprint density at radius 2 is 1.87 bits per heavy atom. The summed E-state index contributed by atoms with van der Waals surface area (Å²) < 4.78 is 5.97. The van der Waals surface area contributed by atoms with Crippen molar-refractivity contribution in [2.75, 3.05) is 19.8 Å². The number of hydrogen-bond donors (Lipinski definition) is 1. The maximum absolute atomic E-state index is 12.4. The summed E-state index contributed by atoms with van der Waals surface area (Å²) in [5.41, 5.74) is 5.14. The molecule has 1 fully saturated rings. The first-order valence-corrected chi connectivity index (χ1v) is 10.9. The fourth-order valence-corrected chi connectivity index (χ4v) is 4.25. The van der Waals surface area contributed by atoms with Gasteiger partial charge in [-0.15, -0.1) is 5.10 Å². The van der Waals surface area contributed by atoms with Gasteiger partial charge in [-0.3, -0.25) is 0 Å². The summed E-state index contributed by atoms with van der Waals surface area (Å²) in [5.74, 6) is 0.852. The molecular weight excluding hydrogens is 390 g/mol. The van der Waals surface area contributed by atoms with E-state index in [-0.39, 0.29) is 12.0 Å². The zero-order valence-corrected chi connectivity index (χ0v) is 18.1. The van der Waals surface area contributed by atoms with Crippen LogP contribution in [0.5, 0.6) is 0 Å². The van der Waals surface area contributed by atoms with Crippen molar-refractivity contribution >= 4 is 0 Å². The second-order valence-electron chi connectivity index (χ2n) is 8.24. The number of nitrogens with zero attached hydrogens (tertiary/aromatic N) is 4. The minimum absolute atomic E-state index is 0.0409. The van der Waals surface area contributed by atoms with E-state index in [1.807, 2.05) is 13.0 Å². The fraction of sp³-hybridized carbons (Fsp3) is 0.417. The number of quaternary nitrogens is 1. The molecule has 7 heteroatoms. The fourth-order valence-electron chi connectivity index (χ4n) is 4.25. The van der Waals surface area contributed by atoms with Crippen LogP contribution < -0.4 is 5.06 Å². The number of hydrogen-bond acceptors (Lipinski definition) is 6. The molecule has 3 heterocycles. The van der Waals surface area contributed by atoms with Crippen LogP contribution in [0.2, 0.25) is 0 Å². The van der Waals surface area contributed by atoms with Crippen LogP contribution in [-0.2, 0) is 11.2 Å². The molecule has 1 saturated heterocycles. The van der Waals surface area contributed by atoms with Gasteiger partial charge in [0.2, 0.25) is 0 Å². The van der Waals surface area contributed by atoms with Crippen molar-refractivity contribution in [1.82, 2.24) is 20.2 Å². The van der Waals surface area contributed by atoms with Crippen LogP contribution in [0, 0.1) is 19.1 Å². The predicted molar refractivity (Wildman–Crippen MR) is 118 cm³/mol. The van der Waals surface area contributed by atoms with E-state index < -0.39 is 0 Å². The Hall–Kier alpha value is -2.74. The van der Waals surface area contributed by atoms with Gasteiger partial charge in [0.05, 0.1) is 18.8 Å². The van der Waals surface area contributed by atoms with Gasteiger partial charge in [0.15, 0.2) is 5.82 Å². The van der Waals surface area contributed by atoms with Crippen molar-refractivity contribution in [3.05, 3.63) is 76.4 Å². The van der Waals surface area contributed by atoms with Crippen molar-refractivity contribution in [2.24, 2.45) is 0 Å². The molecule has 3 atom stereocenters. The molecule has 4 rings (SSSR count). The lowest BCUT2D eigenvalue weighted by molar-refractivity contribution is -0.862. The highest BCUT2D eigenvalue weighted by Gasteiger charge is 2.35. The van der Waals surface area contributed by atoms with Crippen LogP contribution in [-0.4, -0.2) is 46.0 Å². The summed E-state index contributed by atoms with van der Waals surface area (Å²) in [7, 11) is 0. The number of ether oxygens (including phenoxy) is 1. The van der Waals surface area contributed by atoms with E-state index in [9.17, 15) is 5.21 Å². The average molecular weight is 420 g/mol. The van der Waals surface area contributed by atoms with Crippen LogP contribution >= 0.6 is 0 Å². The maximum Gasteiger partial charge on any atom is 0.180 e. The van der Waals surface area contributed by atoms with E-state index in [2.05, 4.69) is 51.4 Å². The topological polar surface area (TPSA) is 88.3 Å². The molecule has 0 bridgehead atoms. The molecule has 1 N–H and O–H groups in total. The third kappa shape index (κ3) is 5.31. The molecule has 1 aliphatic rings. The molecule has 0 radical (unpaired) electrons. The first-order valence-electron chi connectivity index (χ1n) is 10.9. The summed E-state index contributed by atoms with van der Waals surface area (Å²) in [6.45, 7) is 5.74. The van der Waals surface area contributed by atoms with E-state index in [4.69, 9.17) is 4.74 Å². The molecule has 2 aromatic heterocycles. The quantitative estimate of drug-likeness (QED) is 0.446. The summed E-state index contributed by atoms with van der Waals surface area (Å²) in [6, 6.07) is 12.3. The number of aryl methyl sites for hydroxylation is 3. The third-order valence-electron chi connectivity index (χ3n) is 5.91. The lowest BCUT2D eigenvalue weighted by atomic mass is 9.92. The van der Waals surface area contributed by atoms with Gasteiger partial charge in [-0.25, -0.2) is 9.97 Å². The minimum Gasteiger partial charge on any atom is -0.634 e. The molecule has 0 aliphatic carbocycles. The largest absolute Gasteiger partial charge is 0.634 e. The third-order valence-corrected chi connectivity index (χ3v) is 5.91. The molecule has 0 spiro atoms. The summed E-state index contributed by atoms with van der Waals surface area (Å²) in [5, 5.41) is 21.2. The Balaban J connectivity index is 1.32. The number of aromatic nitrogens is 4. The molecule has 7 nitrogen and oxygen atoms in total. The number of nitrogens with one attached hydrogen (secondary N) is 1. The molecule has 1 aromatic carbocycles. The highest BCUT2D eigenvalue weighted by atomic mass is 16.5. The maximum atomic E-state index is 12.4. The summed E-state index contributed by atoms with van der Waals surface area (Å²) >= 11 is 0. The Labute approximate surface area is 183 Å². The standard InChI is InChI=1S/C24H29N5O2/c1-17-6-8-19(9-7-17)21-10-13-29(30)22(21)16-31-14-3-5-20-15-18(2)27-28-23(20)24-25-11-4-12-26-24/h4,6-9,11-12,15,21-22,29H,3,5,10,13-14,16H2,1-2H3/t21-,22-/m1/s1. The van der Waals surface area contributed by atoms with Crippen molar-refractivity contribution in [2.45, 2.75) is 45.1 Å². The Morgan fingerprint density at radius 3 is 2.65 bits per heavy atom. The Bertz CT molecular complexity index is 981. The van der Waals surface area contributed by atoms with Gasteiger partial charge < -0.3 is 15.0 Å². The minimum atomic E-state index is -0.0409. The number of rotatable bonds is 8. The summed E-state index contributed by atoms with van der Waals surface area (Å²) in [4.78, 5) is 8.61. The smallest absolute Gasteiger partial charge is 0.180 e. The zero-order valence-electron chi connectivity index (χ0n) is 18.1. The monoisotopic (exact) mass is 419 g/mol. The van der Waals surface area contributed by atoms with Crippen LogP contribution in [0.1, 0.15) is 41.1 Å². The zero-order chi connectivity index (χ0) is 21.6. The summed E-state index contributed by atoms with van der Waals surface area (Å²) in [6.07, 6.45) is 5.96. The molecule has 0 amide bonds. The van der Waals surface area contributed by atoms with E-state index in [0.29, 0.717) is 30.6 Å². The molecule has 3 aromatic rings. The van der Waals surface area contributed by atoms with Crippen LogP contribution in [0.4, 0.5) is 0 Å². The molecule has 1 aliphatic heterocycles. The van der Waals surface area contributed by atoms with Crippen LogP contribution in [0.3, 0.4) is 0 Å². The van der Waals surface area contributed by atoms with E-state index in [1.54, 1.807) is 18.5 Å². The Morgan fingerprint density at radius 1 is 1.10 bits per heavy atom.